The normalized spacial score (nSPS) is 15.3. The van der Waals surface area contributed by atoms with Gasteiger partial charge in [-0.25, -0.2) is 13.2 Å². The SMILES string of the molecule is CC(=O)c1ccc(N2CCN(S(=O)(=O)c3ccc4c(c3)c(=O)n(C)c(=O)n4C)CC2)cc1. The Bertz CT molecular complexity index is 1430. The lowest BCUT2D eigenvalue weighted by atomic mass is 10.1. The lowest BCUT2D eigenvalue weighted by Gasteiger charge is -2.35. The highest BCUT2D eigenvalue weighted by molar-refractivity contribution is 7.89. The van der Waals surface area contributed by atoms with Gasteiger partial charge in [-0.1, -0.05) is 0 Å². The van der Waals surface area contributed by atoms with E-state index in [2.05, 4.69) is 4.90 Å². The van der Waals surface area contributed by atoms with Crippen LogP contribution in [0.25, 0.3) is 10.9 Å². The van der Waals surface area contributed by atoms with Crippen molar-refractivity contribution >= 4 is 32.4 Å². The van der Waals surface area contributed by atoms with E-state index in [-0.39, 0.29) is 16.1 Å². The Morgan fingerprint density at radius 3 is 2.09 bits per heavy atom. The number of hydrogen-bond acceptors (Lipinski definition) is 6. The molecule has 0 radical (unpaired) electrons. The number of carbonyl (C=O) groups excluding carboxylic acids is 1. The smallest absolute Gasteiger partial charge is 0.330 e. The molecule has 32 heavy (non-hydrogen) atoms. The molecule has 1 aliphatic heterocycles. The first-order valence-electron chi connectivity index (χ1n) is 10.2. The Morgan fingerprint density at radius 2 is 1.50 bits per heavy atom. The van der Waals surface area contributed by atoms with Crippen molar-refractivity contribution in [1.29, 1.82) is 0 Å². The molecule has 0 N–H and O–H groups in total. The second-order valence-electron chi connectivity index (χ2n) is 7.88. The maximum atomic E-state index is 13.2. The van der Waals surface area contributed by atoms with Crippen LogP contribution in [-0.4, -0.2) is 53.8 Å². The number of benzene rings is 2. The monoisotopic (exact) mass is 456 g/mol. The number of carbonyl (C=O) groups is 1. The molecule has 0 unspecified atom stereocenters. The highest BCUT2D eigenvalue weighted by Gasteiger charge is 2.29. The van der Waals surface area contributed by atoms with Gasteiger partial charge >= 0.3 is 5.69 Å². The van der Waals surface area contributed by atoms with E-state index in [0.29, 0.717) is 37.3 Å². The first kappa shape index (κ1) is 22.0. The lowest BCUT2D eigenvalue weighted by molar-refractivity contribution is 0.101. The standard InChI is InChI=1S/C22H24N4O5S/c1-15(27)16-4-6-17(7-5-16)25-10-12-26(13-11-25)32(30,31)18-8-9-20-19(14-18)21(28)24(3)22(29)23(20)2/h4-9,14H,10-13H2,1-3H3. The number of aromatic nitrogens is 2. The fourth-order valence-corrected chi connectivity index (χ4v) is 5.43. The molecule has 2 heterocycles. The van der Waals surface area contributed by atoms with Crippen LogP contribution in [0.2, 0.25) is 0 Å². The van der Waals surface area contributed by atoms with Crippen LogP contribution < -0.4 is 16.1 Å². The van der Waals surface area contributed by atoms with Gasteiger partial charge in [0.1, 0.15) is 0 Å². The molecule has 0 aliphatic carbocycles. The van der Waals surface area contributed by atoms with Crippen molar-refractivity contribution < 1.29 is 13.2 Å². The molecule has 1 aliphatic rings. The fourth-order valence-electron chi connectivity index (χ4n) is 3.98. The minimum atomic E-state index is -3.80. The van der Waals surface area contributed by atoms with Gasteiger partial charge < -0.3 is 4.90 Å². The Balaban J connectivity index is 1.58. The first-order chi connectivity index (χ1) is 15.1. The average molecular weight is 457 g/mol. The molecule has 1 saturated heterocycles. The second-order valence-corrected chi connectivity index (χ2v) is 9.82. The Hall–Kier alpha value is -3.24. The van der Waals surface area contributed by atoms with E-state index in [1.807, 2.05) is 12.1 Å². The molecule has 2 aromatic carbocycles. The second kappa shape index (κ2) is 8.03. The van der Waals surface area contributed by atoms with Crippen LogP contribution in [0.5, 0.6) is 0 Å². The predicted octanol–water partition coefficient (Wildman–Crippen LogP) is 0.951. The van der Waals surface area contributed by atoms with Crippen LogP contribution in [0, 0.1) is 0 Å². The van der Waals surface area contributed by atoms with E-state index in [4.69, 9.17) is 0 Å². The first-order valence-corrected chi connectivity index (χ1v) is 11.6. The van der Waals surface area contributed by atoms with E-state index in [1.165, 1.54) is 41.0 Å². The van der Waals surface area contributed by atoms with Gasteiger partial charge in [-0.05, 0) is 49.4 Å². The fraction of sp³-hybridized carbons (Fsp3) is 0.318. The molecule has 168 valence electrons. The number of hydrogen-bond donors (Lipinski definition) is 0. The molecule has 0 atom stereocenters. The van der Waals surface area contributed by atoms with E-state index >= 15 is 0 Å². The minimum Gasteiger partial charge on any atom is -0.369 e. The number of ketones is 1. The van der Waals surface area contributed by atoms with Crippen LogP contribution >= 0.6 is 0 Å². The summed E-state index contributed by atoms with van der Waals surface area (Å²) in [6, 6.07) is 11.5. The van der Waals surface area contributed by atoms with Crippen molar-refractivity contribution in [2.75, 3.05) is 31.1 Å². The molecule has 1 aromatic heterocycles. The lowest BCUT2D eigenvalue weighted by Crippen LogP contribution is -2.48. The molecule has 9 nitrogen and oxygen atoms in total. The summed E-state index contributed by atoms with van der Waals surface area (Å²) in [5.74, 6) is -0.00209. The summed E-state index contributed by atoms with van der Waals surface area (Å²) in [6.07, 6.45) is 0. The predicted molar refractivity (Wildman–Crippen MR) is 122 cm³/mol. The highest BCUT2D eigenvalue weighted by Crippen LogP contribution is 2.23. The molecule has 0 saturated carbocycles. The maximum absolute atomic E-state index is 13.2. The number of rotatable bonds is 4. The number of Topliss-reactive ketones (excluding diaryl/α,β-unsaturated/α-hetero) is 1. The zero-order chi connectivity index (χ0) is 23.2. The van der Waals surface area contributed by atoms with Gasteiger partial charge in [0.2, 0.25) is 10.0 Å². The van der Waals surface area contributed by atoms with E-state index in [1.54, 1.807) is 19.2 Å². The van der Waals surface area contributed by atoms with E-state index in [9.17, 15) is 22.8 Å². The Morgan fingerprint density at radius 1 is 0.875 bits per heavy atom. The third-order valence-electron chi connectivity index (χ3n) is 5.95. The maximum Gasteiger partial charge on any atom is 0.330 e. The van der Waals surface area contributed by atoms with Gasteiger partial charge in [0.05, 0.1) is 15.8 Å². The molecule has 3 aromatic rings. The summed E-state index contributed by atoms with van der Waals surface area (Å²) >= 11 is 0. The minimum absolute atomic E-state index is 0.00209. The molecule has 10 heteroatoms. The average Bonchev–Trinajstić information content (AvgIpc) is 2.81. The van der Waals surface area contributed by atoms with Crippen molar-refractivity contribution in [3.05, 3.63) is 68.9 Å². The number of fused-ring (bicyclic) bond motifs is 1. The topological polar surface area (TPSA) is 102 Å². The summed E-state index contributed by atoms with van der Waals surface area (Å²) in [6.45, 7) is 3.10. The molecule has 0 spiro atoms. The largest absolute Gasteiger partial charge is 0.369 e. The van der Waals surface area contributed by atoms with Crippen LogP contribution in [0.15, 0.2) is 56.9 Å². The van der Waals surface area contributed by atoms with Gasteiger partial charge in [-0.2, -0.15) is 4.31 Å². The molecule has 1 fully saturated rings. The van der Waals surface area contributed by atoms with Crippen molar-refractivity contribution in [3.8, 4) is 0 Å². The van der Waals surface area contributed by atoms with Gasteiger partial charge in [0.15, 0.2) is 5.78 Å². The van der Waals surface area contributed by atoms with Gasteiger partial charge in [0, 0.05) is 51.5 Å². The molecular weight excluding hydrogens is 432 g/mol. The van der Waals surface area contributed by atoms with Crippen molar-refractivity contribution in [3.63, 3.8) is 0 Å². The van der Waals surface area contributed by atoms with E-state index < -0.39 is 21.3 Å². The summed E-state index contributed by atoms with van der Waals surface area (Å²) in [5, 5.41) is 0.180. The summed E-state index contributed by atoms with van der Waals surface area (Å²) in [7, 11) is -0.893. The van der Waals surface area contributed by atoms with Crippen LogP contribution in [0.3, 0.4) is 0 Å². The van der Waals surface area contributed by atoms with E-state index in [0.717, 1.165) is 10.3 Å². The molecule has 4 rings (SSSR count). The zero-order valence-corrected chi connectivity index (χ0v) is 18.9. The van der Waals surface area contributed by atoms with Crippen LogP contribution in [0.4, 0.5) is 5.69 Å². The van der Waals surface area contributed by atoms with Crippen LogP contribution in [0.1, 0.15) is 17.3 Å². The highest BCUT2D eigenvalue weighted by atomic mass is 32.2. The summed E-state index contributed by atoms with van der Waals surface area (Å²) in [4.78, 5) is 38.2. The van der Waals surface area contributed by atoms with Gasteiger partial charge in [-0.15, -0.1) is 0 Å². The number of piperazine rings is 1. The number of sulfonamides is 1. The van der Waals surface area contributed by atoms with Gasteiger partial charge in [-0.3, -0.25) is 18.7 Å². The van der Waals surface area contributed by atoms with Crippen molar-refractivity contribution in [2.24, 2.45) is 14.1 Å². The Kier molecular flexibility index (Phi) is 5.51. The number of anilines is 1. The number of nitrogens with zero attached hydrogens (tertiary/aromatic N) is 4. The van der Waals surface area contributed by atoms with Gasteiger partial charge in [0.25, 0.3) is 5.56 Å². The summed E-state index contributed by atoms with van der Waals surface area (Å²) < 4.78 is 30.2. The third-order valence-corrected chi connectivity index (χ3v) is 7.85. The Labute approximate surface area is 185 Å². The molecule has 0 bridgehead atoms. The van der Waals surface area contributed by atoms with Crippen LogP contribution in [-0.2, 0) is 24.1 Å². The number of aryl methyl sites for hydroxylation is 1. The molecular formula is C22H24N4O5S. The van der Waals surface area contributed by atoms with Crippen molar-refractivity contribution in [1.82, 2.24) is 13.4 Å². The third kappa shape index (κ3) is 3.65. The quantitative estimate of drug-likeness (QED) is 0.542. The summed E-state index contributed by atoms with van der Waals surface area (Å²) in [5.41, 5.74) is 0.956. The van der Waals surface area contributed by atoms with Crippen molar-refractivity contribution in [2.45, 2.75) is 11.8 Å². The zero-order valence-electron chi connectivity index (χ0n) is 18.1. The molecule has 0 amide bonds.